The van der Waals surface area contributed by atoms with E-state index in [0.29, 0.717) is 22.4 Å². The molecule has 28 heavy (non-hydrogen) atoms. The number of oxazole rings is 1. The van der Waals surface area contributed by atoms with Crippen LogP contribution in [0.4, 0.5) is 6.01 Å². The van der Waals surface area contributed by atoms with E-state index < -0.39 is 0 Å². The van der Waals surface area contributed by atoms with Gasteiger partial charge >= 0.3 is 6.01 Å². The maximum Gasteiger partial charge on any atom is 0.302 e. The quantitative estimate of drug-likeness (QED) is 0.545. The van der Waals surface area contributed by atoms with Crippen molar-refractivity contribution in [2.24, 2.45) is 0 Å². The van der Waals surface area contributed by atoms with Crippen LogP contribution >= 0.6 is 0 Å². The number of nitrogens with one attached hydrogen (secondary N) is 1. The van der Waals surface area contributed by atoms with E-state index in [1.54, 1.807) is 38.5 Å². The first-order chi connectivity index (χ1) is 13.7. The van der Waals surface area contributed by atoms with Crippen LogP contribution in [0, 0.1) is 0 Å². The third kappa shape index (κ3) is 3.53. The molecule has 0 fully saturated rings. The zero-order chi connectivity index (χ0) is 19.5. The number of methoxy groups -OCH3 is 2. The number of hydrogen-bond donors (Lipinski definition) is 1. The Morgan fingerprint density at radius 3 is 2.39 bits per heavy atom. The lowest BCUT2D eigenvalue weighted by molar-refractivity contribution is 0.102. The maximum absolute atomic E-state index is 12.4. The molecule has 6 heteroatoms. The van der Waals surface area contributed by atoms with Gasteiger partial charge in [-0.25, -0.2) is 0 Å². The molecule has 0 aliphatic heterocycles. The van der Waals surface area contributed by atoms with Crippen molar-refractivity contribution < 1.29 is 18.7 Å². The van der Waals surface area contributed by atoms with Gasteiger partial charge < -0.3 is 13.9 Å². The van der Waals surface area contributed by atoms with E-state index in [0.717, 1.165) is 16.9 Å². The van der Waals surface area contributed by atoms with Gasteiger partial charge in [0, 0.05) is 5.56 Å². The van der Waals surface area contributed by atoms with Crippen molar-refractivity contribution >= 4 is 23.0 Å². The molecule has 0 radical (unpaired) electrons. The van der Waals surface area contributed by atoms with Crippen LogP contribution in [0.2, 0.25) is 0 Å². The molecule has 0 aliphatic carbocycles. The van der Waals surface area contributed by atoms with Gasteiger partial charge in [-0.2, -0.15) is 4.98 Å². The van der Waals surface area contributed by atoms with Crippen LogP contribution in [-0.2, 0) is 0 Å². The molecule has 0 bridgehead atoms. The van der Waals surface area contributed by atoms with Crippen LogP contribution in [0.15, 0.2) is 71.1 Å². The average molecular weight is 374 g/mol. The van der Waals surface area contributed by atoms with Crippen LogP contribution in [0.5, 0.6) is 11.5 Å². The minimum Gasteiger partial charge on any atom is -0.497 e. The summed E-state index contributed by atoms with van der Waals surface area (Å²) in [6.45, 7) is 0. The number of carbonyl (C=O) groups excluding carboxylic acids is 1. The molecule has 1 heterocycles. The second-order valence-corrected chi connectivity index (χ2v) is 6.12. The van der Waals surface area contributed by atoms with Gasteiger partial charge in [0.15, 0.2) is 5.58 Å². The van der Waals surface area contributed by atoms with Gasteiger partial charge in [0.1, 0.15) is 17.0 Å². The molecule has 4 aromatic rings. The Bertz CT molecular complexity index is 1130. The molecule has 140 valence electrons. The first-order valence-corrected chi connectivity index (χ1v) is 8.67. The Kier molecular flexibility index (Phi) is 4.68. The van der Waals surface area contributed by atoms with E-state index in [-0.39, 0.29) is 11.9 Å². The average Bonchev–Trinajstić information content (AvgIpc) is 3.15. The maximum atomic E-state index is 12.4. The first kappa shape index (κ1) is 17.6. The lowest BCUT2D eigenvalue weighted by Crippen LogP contribution is -2.12. The van der Waals surface area contributed by atoms with Gasteiger partial charge in [-0.1, -0.05) is 24.3 Å². The fourth-order valence-corrected chi connectivity index (χ4v) is 2.87. The summed E-state index contributed by atoms with van der Waals surface area (Å²) in [6.07, 6.45) is 0. The summed E-state index contributed by atoms with van der Waals surface area (Å²) in [5.41, 5.74) is 3.73. The number of fused-ring (bicyclic) bond motifs is 1. The number of ether oxygens (including phenoxy) is 2. The highest BCUT2D eigenvalue weighted by Crippen LogP contribution is 2.28. The third-order valence-corrected chi connectivity index (χ3v) is 4.36. The molecule has 1 amide bonds. The number of carbonyl (C=O) groups is 1. The fourth-order valence-electron chi connectivity index (χ4n) is 2.87. The van der Waals surface area contributed by atoms with Gasteiger partial charge in [0.05, 0.1) is 14.2 Å². The van der Waals surface area contributed by atoms with Crippen molar-refractivity contribution in [3.8, 4) is 22.6 Å². The molecule has 3 aromatic carbocycles. The molecule has 0 saturated carbocycles. The summed E-state index contributed by atoms with van der Waals surface area (Å²) in [5.74, 6) is 1.09. The molecule has 0 aliphatic rings. The molecule has 0 spiro atoms. The fraction of sp³-hybridized carbons (Fsp3) is 0.0909. The van der Waals surface area contributed by atoms with Gasteiger partial charge in [-0.3, -0.25) is 10.1 Å². The summed E-state index contributed by atoms with van der Waals surface area (Å²) in [4.78, 5) is 16.8. The Labute approximate surface area is 161 Å². The molecule has 0 atom stereocenters. The third-order valence-electron chi connectivity index (χ3n) is 4.36. The Morgan fingerprint density at radius 1 is 0.893 bits per heavy atom. The van der Waals surface area contributed by atoms with Crippen molar-refractivity contribution in [3.63, 3.8) is 0 Å². The molecule has 0 saturated heterocycles. The predicted octanol–water partition coefficient (Wildman–Crippen LogP) is 4.76. The van der Waals surface area contributed by atoms with E-state index in [4.69, 9.17) is 13.9 Å². The highest BCUT2D eigenvalue weighted by atomic mass is 16.5. The van der Waals surface area contributed by atoms with Crippen molar-refractivity contribution in [3.05, 3.63) is 72.3 Å². The number of benzene rings is 3. The van der Waals surface area contributed by atoms with E-state index in [1.807, 2.05) is 42.5 Å². The van der Waals surface area contributed by atoms with E-state index >= 15 is 0 Å². The highest BCUT2D eigenvalue weighted by Gasteiger charge is 2.13. The minimum absolute atomic E-state index is 0.148. The first-order valence-electron chi connectivity index (χ1n) is 8.67. The number of amides is 1. The van der Waals surface area contributed by atoms with Crippen molar-refractivity contribution in [1.82, 2.24) is 4.98 Å². The van der Waals surface area contributed by atoms with E-state index in [2.05, 4.69) is 10.3 Å². The van der Waals surface area contributed by atoms with Gasteiger partial charge in [0.2, 0.25) is 0 Å². The summed E-state index contributed by atoms with van der Waals surface area (Å²) in [5, 5.41) is 2.68. The Balaban J connectivity index is 1.58. The summed E-state index contributed by atoms with van der Waals surface area (Å²) < 4.78 is 16.1. The van der Waals surface area contributed by atoms with Crippen LogP contribution in [-0.4, -0.2) is 25.1 Å². The highest BCUT2D eigenvalue weighted by molar-refractivity contribution is 6.03. The van der Waals surface area contributed by atoms with Crippen molar-refractivity contribution in [2.45, 2.75) is 0 Å². The number of anilines is 1. The van der Waals surface area contributed by atoms with Crippen LogP contribution in [0.1, 0.15) is 10.4 Å². The van der Waals surface area contributed by atoms with Gasteiger partial charge in [0.25, 0.3) is 5.91 Å². The Hall–Kier alpha value is -3.80. The van der Waals surface area contributed by atoms with Crippen LogP contribution in [0.3, 0.4) is 0 Å². The SMILES string of the molecule is COc1ccc(-c2ccc3nc(NC(=O)c4cccc(OC)c4)oc3c2)cc1. The molecule has 6 nitrogen and oxygen atoms in total. The monoisotopic (exact) mass is 374 g/mol. The van der Waals surface area contributed by atoms with Crippen molar-refractivity contribution in [2.75, 3.05) is 19.5 Å². The predicted molar refractivity (Wildman–Crippen MR) is 107 cm³/mol. The lowest BCUT2D eigenvalue weighted by atomic mass is 10.1. The summed E-state index contributed by atoms with van der Waals surface area (Å²) in [7, 11) is 3.19. The van der Waals surface area contributed by atoms with Gasteiger partial charge in [-0.15, -0.1) is 0 Å². The largest absolute Gasteiger partial charge is 0.497 e. The normalized spacial score (nSPS) is 10.6. The number of rotatable bonds is 5. The summed E-state index contributed by atoms with van der Waals surface area (Å²) in [6, 6.07) is 20.5. The number of hydrogen-bond acceptors (Lipinski definition) is 5. The topological polar surface area (TPSA) is 73.6 Å². The molecular weight excluding hydrogens is 356 g/mol. The zero-order valence-electron chi connectivity index (χ0n) is 15.4. The second-order valence-electron chi connectivity index (χ2n) is 6.12. The van der Waals surface area contributed by atoms with Gasteiger partial charge in [-0.05, 0) is 53.6 Å². The molecular formula is C22H18N2O4. The molecule has 1 aromatic heterocycles. The van der Waals surface area contributed by atoms with Crippen LogP contribution < -0.4 is 14.8 Å². The van der Waals surface area contributed by atoms with Crippen LogP contribution in [0.25, 0.3) is 22.2 Å². The summed E-state index contributed by atoms with van der Waals surface area (Å²) >= 11 is 0. The van der Waals surface area contributed by atoms with E-state index in [1.165, 1.54) is 0 Å². The Morgan fingerprint density at radius 2 is 1.64 bits per heavy atom. The smallest absolute Gasteiger partial charge is 0.302 e. The number of aromatic nitrogens is 1. The van der Waals surface area contributed by atoms with E-state index in [9.17, 15) is 4.79 Å². The number of nitrogens with zero attached hydrogens (tertiary/aromatic N) is 1. The zero-order valence-corrected chi connectivity index (χ0v) is 15.4. The molecule has 0 unspecified atom stereocenters. The second kappa shape index (κ2) is 7.44. The van der Waals surface area contributed by atoms with Crippen molar-refractivity contribution in [1.29, 1.82) is 0 Å². The minimum atomic E-state index is -0.319. The molecule has 1 N–H and O–H groups in total. The molecule has 4 rings (SSSR count). The standard InChI is InChI=1S/C22H18N2O4/c1-26-17-9-6-14(7-10-17)15-8-11-19-20(13-15)28-22(23-19)24-21(25)16-4-3-5-18(12-16)27-2/h3-13H,1-2H3,(H,23,24,25). The lowest BCUT2D eigenvalue weighted by Gasteiger charge is -2.03.